The third kappa shape index (κ3) is 7.24. The van der Waals surface area contributed by atoms with Crippen molar-refractivity contribution < 1.29 is 19.4 Å². The fourth-order valence-electron chi connectivity index (χ4n) is 6.79. The lowest BCUT2D eigenvalue weighted by atomic mass is 9.88. The molecule has 0 saturated carbocycles. The Bertz CT molecular complexity index is 1610. The van der Waals surface area contributed by atoms with Gasteiger partial charge >= 0.3 is 0 Å². The summed E-state index contributed by atoms with van der Waals surface area (Å²) in [5, 5.41) is 17.5. The Morgan fingerprint density at radius 1 is 1.02 bits per heavy atom. The van der Waals surface area contributed by atoms with E-state index in [1.54, 1.807) is 23.1 Å². The van der Waals surface area contributed by atoms with Crippen molar-refractivity contribution in [2.45, 2.75) is 50.5 Å². The lowest BCUT2D eigenvalue weighted by molar-refractivity contribution is -0.207. The number of carbonyl (C=O) groups excluding carboxylic acids is 2. The van der Waals surface area contributed by atoms with E-state index in [9.17, 15) is 14.7 Å². The summed E-state index contributed by atoms with van der Waals surface area (Å²) in [5.74, 6) is -0.123. The van der Waals surface area contributed by atoms with E-state index in [1.165, 1.54) is 0 Å². The molecule has 9 heteroatoms. The number of allylic oxidation sites excluding steroid dienone is 4. The summed E-state index contributed by atoms with van der Waals surface area (Å²) in [6.45, 7) is 7.43. The van der Waals surface area contributed by atoms with E-state index in [1.807, 2.05) is 84.6 Å². The number of epoxide rings is 1. The van der Waals surface area contributed by atoms with Crippen LogP contribution in [0.1, 0.15) is 29.5 Å². The number of likely N-dealkylation sites (N-methyl/N-ethyl adjacent to an activating group) is 1. The van der Waals surface area contributed by atoms with Crippen LogP contribution in [0.4, 0.5) is 0 Å². The topological polar surface area (TPSA) is 91.9 Å². The Morgan fingerprint density at radius 2 is 1.72 bits per heavy atom. The van der Waals surface area contributed by atoms with Crippen molar-refractivity contribution >= 4 is 11.8 Å². The minimum Gasteiger partial charge on any atom is -0.508 e. The third-order valence-electron chi connectivity index (χ3n) is 9.20. The summed E-state index contributed by atoms with van der Waals surface area (Å²) in [6, 6.07) is 26.5. The summed E-state index contributed by atoms with van der Waals surface area (Å²) in [4.78, 5) is 32.0. The number of rotatable bonds is 12. The molecule has 9 nitrogen and oxygen atoms in total. The van der Waals surface area contributed by atoms with Gasteiger partial charge in [-0.1, -0.05) is 104 Å². The van der Waals surface area contributed by atoms with Crippen molar-refractivity contribution in [2.75, 3.05) is 26.7 Å². The van der Waals surface area contributed by atoms with Crippen molar-refractivity contribution in [1.82, 2.24) is 25.1 Å². The molecule has 2 amide bonds. The molecule has 3 aromatic carbocycles. The molecule has 5 atom stereocenters. The summed E-state index contributed by atoms with van der Waals surface area (Å²) < 4.78 is 6.19. The number of carbonyl (C=O) groups is 2. The third-order valence-corrected chi connectivity index (χ3v) is 9.20. The molecular formula is C38H43N5O4. The summed E-state index contributed by atoms with van der Waals surface area (Å²) in [7, 11) is 1.91. The Balaban J connectivity index is 1.32. The highest BCUT2D eigenvalue weighted by Gasteiger charge is 2.56. The molecule has 6 rings (SSSR count). The van der Waals surface area contributed by atoms with Crippen molar-refractivity contribution in [3.05, 3.63) is 138 Å². The predicted octanol–water partition coefficient (Wildman–Crippen LogP) is 4.41. The number of fused-ring (bicyclic) bond motifs is 1. The van der Waals surface area contributed by atoms with Gasteiger partial charge in [0, 0.05) is 32.5 Å². The van der Waals surface area contributed by atoms with Gasteiger partial charge in [-0.15, -0.1) is 0 Å². The number of nitrogens with zero attached hydrogens (tertiary/aromatic N) is 4. The number of hydrogen-bond donors (Lipinski definition) is 2. The zero-order valence-corrected chi connectivity index (χ0v) is 27.0. The number of nitrogens with one attached hydrogen (secondary N) is 1. The highest BCUT2D eigenvalue weighted by molar-refractivity contribution is 5.90. The van der Waals surface area contributed by atoms with E-state index < -0.39 is 12.2 Å². The van der Waals surface area contributed by atoms with E-state index in [0.29, 0.717) is 26.1 Å². The Morgan fingerprint density at radius 3 is 2.40 bits per heavy atom. The molecule has 0 aromatic heterocycles. The van der Waals surface area contributed by atoms with Gasteiger partial charge in [0.15, 0.2) is 12.5 Å². The lowest BCUT2D eigenvalue weighted by Crippen LogP contribution is -2.75. The average molecular weight is 634 g/mol. The van der Waals surface area contributed by atoms with Crippen molar-refractivity contribution in [1.29, 1.82) is 0 Å². The molecule has 3 fully saturated rings. The number of phenolic OH excluding ortho intramolecular Hbond substituents is 1. The van der Waals surface area contributed by atoms with E-state index in [2.05, 4.69) is 47.2 Å². The second-order valence-electron chi connectivity index (χ2n) is 12.3. The lowest BCUT2D eigenvalue weighted by Gasteiger charge is -2.55. The molecule has 3 unspecified atom stereocenters. The molecule has 47 heavy (non-hydrogen) atoms. The highest BCUT2D eigenvalue weighted by atomic mass is 16.6. The molecule has 0 spiro atoms. The minimum atomic E-state index is -0.717. The number of hydrazine groups is 1. The van der Waals surface area contributed by atoms with E-state index >= 15 is 0 Å². The molecule has 2 N–H and O–H groups in total. The predicted molar refractivity (Wildman–Crippen MR) is 182 cm³/mol. The van der Waals surface area contributed by atoms with Gasteiger partial charge in [-0.25, -0.2) is 5.01 Å². The number of amides is 2. The Kier molecular flexibility index (Phi) is 9.98. The van der Waals surface area contributed by atoms with Crippen LogP contribution in [0.2, 0.25) is 0 Å². The zero-order valence-electron chi connectivity index (χ0n) is 27.0. The first-order chi connectivity index (χ1) is 22.9. The smallest absolute Gasteiger partial charge is 0.245 e. The van der Waals surface area contributed by atoms with Crippen molar-refractivity contribution in [2.24, 2.45) is 0 Å². The quantitative estimate of drug-likeness (QED) is 0.226. The van der Waals surface area contributed by atoms with Gasteiger partial charge in [0.2, 0.25) is 11.8 Å². The second kappa shape index (κ2) is 14.5. The maximum absolute atomic E-state index is 14.5. The molecule has 3 heterocycles. The van der Waals surface area contributed by atoms with E-state index in [0.717, 1.165) is 22.3 Å². The SMILES string of the molecule is C=C/C=C\C(=C/C)C(CN1C[C@H]2N(C(=O)CN(C)N2C2OC2NCc2ccccc2)[C@@H](Cc2ccc(O)cc2)C1=O)c1ccccc1. The van der Waals surface area contributed by atoms with Crippen LogP contribution in [0.3, 0.4) is 0 Å². The largest absolute Gasteiger partial charge is 0.508 e. The number of benzene rings is 3. The molecule has 3 aromatic rings. The van der Waals surface area contributed by atoms with Crippen LogP contribution in [0.5, 0.6) is 5.75 Å². The molecule has 0 aliphatic carbocycles. The van der Waals surface area contributed by atoms with Crippen molar-refractivity contribution in [3.8, 4) is 5.75 Å². The van der Waals surface area contributed by atoms with Crippen LogP contribution in [0.25, 0.3) is 0 Å². The van der Waals surface area contributed by atoms with Crippen LogP contribution in [-0.4, -0.2) is 88.1 Å². The van der Waals surface area contributed by atoms with Gasteiger partial charge in [-0.05, 0) is 41.3 Å². The molecule has 3 aliphatic rings. The first-order valence-corrected chi connectivity index (χ1v) is 16.2. The number of aromatic hydroxyl groups is 1. The maximum atomic E-state index is 14.5. The summed E-state index contributed by atoms with van der Waals surface area (Å²) >= 11 is 0. The van der Waals surface area contributed by atoms with E-state index in [4.69, 9.17) is 4.74 Å². The van der Waals surface area contributed by atoms with Crippen molar-refractivity contribution in [3.63, 3.8) is 0 Å². The first-order valence-electron chi connectivity index (χ1n) is 16.2. The molecule has 0 radical (unpaired) electrons. The molecule has 244 valence electrons. The first kappa shape index (κ1) is 32.4. The normalized spacial score (nSPS) is 24.4. The van der Waals surface area contributed by atoms with Gasteiger partial charge < -0.3 is 19.6 Å². The van der Waals surface area contributed by atoms with E-state index in [-0.39, 0.29) is 42.5 Å². The van der Waals surface area contributed by atoms with Gasteiger partial charge in [0.25, 0.3) is 0 Å². The molecule has 3 aliphatic heterocycles. The second-order valence-corrected chi connectivity index (χ2v) is 12.3. The average Bonchev–Trinajstić information content (AvgIpc) is 3.85. The molecular weight excluding hydrogens is 590 g/mol. The maximum Gasteiger partial charge on any atom is 0.245 e. The van der Waals surface area contributed by atoms with Crippen LogP contribution in [0.15, 0.2) is 121 Å². The minimum absolute atomic E-state index is 0.0910. The Hall–Kier alpha value is -4.54. The Labute approximate surface area is 277 Å². The van der Waals surface area contributed by atoms with Gasteiger partial charge in [0.05, 0.1) is 13.1 Å². The summed E-state index contributed by atoms with van der Waals surface area (Å²) in [5.41, 5.74) is 4.20. The standard InChI is InChI=1S/C38H43N5O4/c1-4-6-15-29(5-2)32(30-16-11-8-12-17-30)24-41-25-34-42(33(37(41)46)22-27-18-20-31(44)21-19-27)35(45)26-40(3)43(34)38-36(47-38)39-23-28-13-9-7-10-14-28/h4-21,32-34,36,38-39,44H,1,22-26H2,2-3H3/b15-6-,29-5+/t32?,33-,34-,36?,38?/m0/s1. The van der Waals surface area contributed by atoms with Gasteiger partial charge in [-0.2, -0.15) is 5.01 Å². The number of phenols is 1. The fourth-order valence-corrected chi connectivity index (χ4v) is 6.79. The number of hydrogen-bond acceptors (Lipinski definition) is 7. The molecule has 3 saturated heterocycles. The fraction of sp³-hybridized carbons (Fsp3) is 0.316. The zero-order chi connectivity index (χ0) is 32.9. The summed E-state index contributed by atoms with van der Waals surface area (Å²) in [6.07, 6.45) is 7.20. The van der Waals surface area contributed by atoms with Gasteiger partial charge in [0.1, 0.15) is 18.0 Å². The van der Waals surface area contributed by atoms with Crippen LogP contribution in [0, 0.1) is 0 Å². The van der Waals surface area contributed by atoms with Crippen LogP contribution < -0.4 is 5.32 Å². The molecule has 0 bridgehead atoms. The number of piperazine rings is 1. The van der Waals surface area contributed by atoms with Crippen LogP contribution >= 0.6 is 0 Å². The highest BCUT2D eigenvalue weighted by Crippen LogP contribution is 2.36. The monoisotopic (exact) mass is 633 g/mol. The van der Waals surface area contributed by atoms with Gasteiger partial charge in [-0.3, -0.25) is 14.9 Å². The van der Waals surface area contributed by atoms with Crippen LogP contribution in [-0.2, 0) is 27.3 Å². The number of ether oxygens (including phenoxy) is 1.